The summed E-state index contributed by atoms with van der Waals surface area (Å²) in [5.74, 6) is 2.47. The molecule has 0 saturated carbocycles. The molecule has 0 aromatic rings. The summed E-state index contributed by atoms with van der Waals surface area (Å²) in [6.45, 7) is 10.1. The van der Waals surface area contributed by atoms with E-state index in [2.05, 4.69) is 27.7 Å². The molecule has 80 valence electrons. The molecule has 0 fully saturated rings. The zero-order chi connectivity index (χ0) is 10.3. The summed E-state index contributed by atoms with van der Waals surface area (Å²) in [5.41, 5.74) is 5.66. The average Bonchev–Trinajstić information content (AvgIpc) is 2.15. The van der Waals surface area contributed by atoms with Gasteiger partial charge < -0.3 is 5.73 Å². The molecule has 2 N–H and O–H groups in total. The van der Waals surface area contributed by atoms with E-state index in [0.29, 0.717) is 5.92 Å². The van der Waals surface area contributed by atoms with Crippen molar-refractivity contribution in [3.8, 4) is 0 Å². The van der Waals surface area contributed by atoms with E-state index < -0.39 is 0 Å². The molecule has 3 atom stereocenters. The van der Waals surface area contributed by atoms with Gasteiger partial charge in [0.25, 0.3) is 0 Å². The van der Waals surface area contributed by atoms with Crippen LogP contribution in [0.2, 0.25) is 0 Å². The van der Waals surface area contributed by atoms with Gasteiger partial charge in [0.2, 0.25) is 0 Å². The minimum absolute atomic E-state index is 0.700. The lowest BCUT2D eigenvalue weighted by molar-refractivity contribution is 0.268. The fourth-order valence-corrected chi connectivity index (χ4v) is 1.95. The second-order valence-corrected chi connectivity index (χ2v) is 4.51. The molecule has 0 aliphatic heterocycles. The molecule has 0 aromatic carbocycles. The Kier molecular flexibility index (Phi) is 7.35. The van der Waals surface area contributed by atoms with E-state index >= 15 is 0 Å². The van der Waals surface area contributed by atoms with Crippen LogP contribution in [0.25, 0.3) is 0 Å². The van der Waals surface area contributed by atoms with Crippen LogP contribution < -0.4 is 5.73 Å². The van der Waals surface area contributed by atoms with Crippen LogP contribution in [0, 0.1) is 17.8 Å². The summed E-state index contributed by atoms with van der Waals surface area (Å²) in [6, 6.07) is 0. The number of nitrogens with two attached hydrogens (primary N) is 1. The fraction of sp³-hybridized carbons (Fsp3) is 1.00. The van der Waals surface area contributed by atoms with Crippen molar-refractivity contribution >= 4 is 0 Å². The van der Waals surface area contributed by atoms with E-state index in [9.17, 15) is 0 Å². The van der Waals surface area contributed by atoms with Crippen LogP contribution in [0.4, 0.5) is 0 Å². The highest BCUT2D eigenvalue weighted by Crippen LogP contribution is 2.26. The van der Waals surface area contributed by atoms with Crippen LogP contribution >= 0.6 is 0 Å². The minimum atomic E-state index is 0.700. The molecule has 0 rings (SSSR count). The monoisotopic (exact) mass is 185 g/mol. The van der Waals surface area contributed by atoms with Crippen LogP contribution in [0.1, 0.15) is 53.4 Å². The Hall–Kier alpha value is -0.0400. The van der Waals surface area contributed by atoms with Crippen LogP contribution in [0.5, 0.6) is 0 Å². The molecule has 0 spiro atoms. The zero-order valence-corrected chi connectivity index (χ0v) is 9.84. The standard InChI is InChI=1S/C12H27N/c1-5-7-12(11(4)6-2)8-10(3)9-13/h10-12H,5-9,13H2,1-4H3. The van der Waals surface area contributed by atoms with Crippen molar-refractivity contribution in [3.05, 3.63) is 0 Å². The zero-order valence-electron chi connectivity index (χ0n) is 9.84. The Labute approximate surface area is 84.1 Å². The maximum atomic E-state index is 5.66. The molecule has 13 heavy (non-hydrogen) atoms. The van der Waals surface area contributed by atoms with Crippen LogP contribution in [-0.2, 0) is 0 Å². The molecule has 0 amide bonds. The molecule has 0 heterocycles. The highest BCUT2D eigenvalue weighted by Gasteiger charge is 2.16. The van der Waals surface area contributed by atoms with Gasteiger partial charge in [-0.1, -0.05) is 47.0 Å². The van der Waals surface area contributed by atoms with Crippen molar-refractivity contribution in [2.75, 3.05) is 6.54 Å². The van der Waals surface area contributed by atoms with E-state index in [0.717, 1.165) is 18.4 Å². The number of hydrogen-bond acceptors (Lipinski definition) is 1. The maximum Gasteiger partial charge on any atom is -0.00514 e. The predicted octanol–water partition coefficient (Wildman–Crippen LogP) is 3.43. The van der Waals surface area contributed by atoms with Gasteiger partial charge in [-0.25, -0.2) is 0 Å². The summed E-state index contributed by atoms with van der Waals surface area (Å²) in [7, 11) is 0. The van der Waals surface area contributed by atoms with E-state index in [1.807, 2.05) is 0 Å². The SMILES string of the molecule is CCCC(CC(C)CN)C(C)CC. The van der Waals surface area contributed by atoms with Crippen molar-refractivity contribution in [1.29, 1.82) is 0 Å². The van der Waals surface area contributed by atoms with E-state index in [-0.39, 0.29) is 0 Å². The van der Waals surface area contributed by atoms with Crippen molar-refractivity contribution < 1.29 is 0 Å². The van der Waals surface area contributed by atoms with Crippen LogP contribution in [-0.4, -0.2) is 6.54 Å². The largest absolute Gasteiger partial charge is 0.330 e. The van der Waals surface area contributed by atoms with Gasteiger partial charge in [0.1, 0.15) is 0 Å². The first kappa shape index (κ1) is 13.0. The quantitative estimate of drug-likeness (QED) is 0.646. The third-order valence-corrected chi connectivity index (χ3v) is 3.22. The molecule has 0 bridgehead atoms. The van der Waals surface area contributed by atoms with Gasteiger partial charge in [-0.3, -0.25) is 0 Å². The van der Waals surface area contributed by atoms with Gasteiger partial charge >= 0.3 is 0 Å². The van der Waals surface area contributed by atoms with Gasteiger partial charge in [-0.2, -0.15) is 0 Å². The van der Waals surface area contributed by atoms with Gasteiger partial charge in [-0.05, 0) is 30.7 Å². The molecule has 0 aromatic heterocycles. The molecule has 1 nitrogen and oxygen atoms in total. The van der Waals surface area contributed by atoms with Crippen molar-refractivity contribution in [2.45, 2.75) is 53.4 Å². The third-order valence-electron chi connectivity index (χ3n) is 3.22. The van der Waals surface area contributed by atoms with Gasteiger partial charge in [0, 0.05) is 0 Å². The Morgan fingerprint density at radius 3 is 2.15 bits per heavy atom. The van der Waals surface area contributed by atoms with Crippen molar-refractivity contribution in [2.24, 2.45) is 23.5 Å². The summed E-state index contributed by atoms with van der Waals surface area (Å²) < 4.78 is 0. The van der Waals surface area contributed by atoms with Gasteiger partial charge in [0.05, 0.1) is 0 Å². The van der Waals surface area contributed by atoms with Gasteiger partial charge in [0.15, 0.2) is 0 Å². The topological polar surface area (TPSA) is 26.0 Å². The Morgan fingerprint density at radius 1 is 1.15 bits per heavy atom. The lowest BCUT2D eigenvalue weighted by Gasteiger charge is -2.25. The molecule has 0 aliphatic rings. The highest BCUT2D eigenvalue weighted by molar-refractivity contribution is 4.68. The number of hydrogen-bond donors (Lipinski definition) is 1. The normalized spacial score (nSPS) is 18.2. The summed E-state index contributed by atoms with van der Waals surface area (Å²) in [5, 5.41) is 0. The first-order chi connectivity index (χ1) is 6.15. The second-order valence-electron chi connectivity index (χ2n) is 4.51. The van der Waals surface area contributed by atoms with Crippen molar-refractivity contribution in [1.82, 2.24) is 0 Å². The first-order valence-electron chi connectivity index (χ1n) is 5.85. The van der Waals surface area contributed by atoms with Crippen molar-refractivity contribution in [3.63, 3.8) is 0 Å². The second kappa shape index (κ2) is 7.37. The Balaban J connectivity index is 3.92. The van der Waals surface area contributed by atoms with E-state index in [4.69, 9.17) is 5.73 Å². The molecule has 1 heteroatoms. The maximum absolute atomic E-state index is 5.66. The molecule has 0 aliphatic carbocycles. The lowest BCUT2D eigenvalue weighted by atomic mass is 9.82. The molecule has 0 saturated heterocycles. The summed E-state index contributed by atoms with van der Waals surface area (Å²) in [4.78, 5) is 0. The Bertz CT molecular complexity index is 112. The molecular weight excluding hydrogens is 158 g/mol. The highest BCUT2D eigenvalue weighted by atomic mass is 14.5. The van der Waals surface area contributed by atoms with E-state index in [1.165, 1.54) is 25.7 Å². The molecular formula is C12H27N. The van der Waals surface area contributed by atoms with E-state index in [1.54, 1.807) is 0 Å². The van der Waals surface area contributed by atoms with Gasteiger partial charge in [-0.15, -0.1) is 0 Å². The molecule has 3 unspecified atom stereocenters. The summed E-state index contributed by atoms with van der Waals surface area (Å²) >= 11 is 0. The Morgan fingerprint density at radius 2 is 1.77 bits per heavy atom. The average molecular weight is 185 g/mol. The minimum Gasteiger partial charge on any atom is -0.330 e. The lowest BCUT2D eigenvalue weighted by Crippen LogP contribution is -2.19. The predicted molar refractivity (Wildman–Crippen MR) is 60.7 cm³/mol. The first-order valence-corrected chi connectivity index (χ1v) is 5.85. The fourth-order valence-electron chi connectivity index (χ4n) is 1.95. The summed E-state index contributed by atoms with van der Waals surface area (Å²) in [6.07, 6.45) is 5.31. The number of rotatable bonds is 7. The molecule has 0 radical (unpaired) electrons. The third kappa shape index (κ3) is 5.30. The van der Waals surface area contributed by atoms with Crippen LogP contribution in [0.15, 0.2) is 0 Å². The van der Waals surface area contributed by atoms with Crippen LogP contribution in [0.3, 0.4) is 0 Å². The smallest absolute Gasteiger partial charge is 0.00514 e.